The van der Waals surface area contributed by atoms with Crippen LogP contribution in [0.5, 0.6) is 5.75 Å². The van der Waals surface area contributed by atoms with Crippen LogP contribution in [0.25, 0.3) is 0 Å². The molecule has 1 heterocycles. The molecule has 0 aliphatic rings. The van der Waals surface area contributed by atoms with Gasteiger partial charge in [-0.05, 0) is 36.1 Å². The first-order valence-electron chi connectivity index (χ1n) is 11.0. The van der Waals surface area contributed by atoms with E-state index in [0.717, 1.165) is 11.1 Å². The molecule has 6 heteroatoms. The van der Waals surface area contributed by atoms with Gasteiger partial charge in [0, 0.05) is 6.42 Å². The first-order chi connectivity index (χ1) is 16.2. The Bertz CT molecular complexity index is 1090. The van der Waals surface area contributed by atoms with Gasteiger partial charge >= 0.3 is 5.97 Å². The van der Waals surface area contributed by atoms with Crippen LogP contribution in [0, 0.1) is 0 Å². The van der Waals surface area contributed by atoms with Crippen LogP contribution in [0.4, 0.5) is 0 Å². The van der Waals surface area contributed by atoms with Crippen molar-refractivity contribution in [2.45, 2.75) is 31.3 Å². The Balaban J connectivity index is 1.44. The average Bonchev–Trinajstić information content (AvgIpc) is 3.33. The molecule has 0 radical (unpaired) electrons. The fraction of sp³-hybridized carbons (Fsp3) is 0.222. The predicted molar refractivity (Wildman–Crippen MR) is 124 cm³/mol. The largest absolute Gasteiger partial charge is 0.479 e. The number of esters is 1. The molecule has 4 aromatic rings. The monoisotopic (exact) mass is 442 g/mol. The van der Waals surface area contributed by atoms with Crippen molar-refractivity contribution in [3.63, 3.8) is 0 Å². The van der Waals surface area contributed by atoms with Gasteiger partial charge in [0.2, 0.25) is 5.89 Å². The topological polar surface area (TPSA) is 74.5 Å². The van der Waals surface area contributed by atoms with Gasteiger partial charge in [0.15, 0.2) is 11.9 Å². The highest BCUT2D eigenvalue weighted by Gasteiger charge is 2.24. The zero-order valence-corrected chi connectivity index (χ0v) is 18.5. The van der Waals surface area contributed by atoms with Crippen molar-refractivity contribution in [3.8, 4) is 5.75 Å². The van der Waals surface area contributed by atoms with E-state index in [1.165, 1.54) is 7.11 Å². The van der Waals surface area contributed by atoms with Gasteiger partial charge in [0.25, 0.3) is 0 Å². The van der Waals surface area contributed by atoms with Gasteiger partial charge in [-0.2, -0.15) is 4.98 Å². The van der Waals surface area contributed by atoms with Crippen LogP contribution in [0.1, 0.15) is 41.6 Å². The van der Waals surface area contributed by atoms with E-state index in [-0.39, 0.29) is 5.92 Å². The van der Waals surface area contributed by atoms with Crippen LogP contribution in [0.3, 0.4) is 0 Å². The second kappa shape index (κ2) is 11.1. The molecule has 0 saturated heterocycles. The zero-order valence-electron chi connectivity index (χ0n) is 18.5. The fourth-order valence-electron chi connectivity index (χ4n) is 3.72. The molecule has 1 atom stereocenters. The minimum Gasteiger partial charge on any atom is -0.479 e. The van der Waals surface area contributed by atoms with Crippen LogP contribution >= 0.6 is 0 Å². The van der Waals surface area contributed by atoms with Crippen LogP contribution in [-0.4, -0.2) is 29.3 Å². The Hall–Kier alpha value is -3.93. The van der Waals surface area contributed by atoms with Crippen molar-refractivity contribution >= 4 is 5.97 Å². The maximum atomic E-state index is 12.2. The molecule has 168 valence electrons. The standard InChI is InChI=1S/C27H26N2O4/c1-31-27(30)23(32-22-16-9-4-10-17-22)18-11-19-24-28-26(33-29-24)25(20-12-5-2-6-13-20)21-14-7-3-8-15-21/h2-10,12-17,23,25H,11,18-19H2,1H3. The zero-order chi connectivity index (χ0) is 22.9. The second-order valence-corrected chi connectivity index (χ2v) is 7.64. The highest BCUT2D eigenvalue weighted by atomic mass is 16.6. The molecule has 3 aromatic carbocycles. The van der Waals surface area contributed by atoms with Crippen molar-refractivity contribution in [2.75, 3.05) is 7.11 Å². The molecule has 0 amide bonds. The molecule has 1 aromatic heterocycles. The summed E-state index contributed by atoms with van der Waals surface area (Å²) in [6.45, 7) is 0. The summed E-state index contributed by atoms with van der Waals surface area (Å²) >= 11 is 0. The molecular formula is C27H26N2O4. The van der Waals surface area contributed by atoms with E-state index in [1.807, 2.05) is 66.7 Å². The SMILES string of the molecule is COC(=O)C(CCCc1noc(C(c2ccccc2)c2ccccc2)n1)Oc1ccccc1. The fourth-order valence-corrected chi connectivity index (χ4v) is 3.72. The third kappa shape index (κ3) is 5.86. The van der Waals surface area contributed by atoms with Gasteiger partial charge in [0.05, 0.1) is 13.0 Å². The second-order valence-electron chi connectivity index (χ2n) is 7.64. The minimum atomic E-state index is -0.690. The summed E-state index contributed by atoms with van der Waals surface area (Å²) in [6, 6.07) is 29.5. The Morgan fingerprint density at radius 1 is 0.879 bits per heavy atom. The first kappa shape index (κ1) is 22.3. The molecule has 33 heavy (non-hydrogen) atoms. The lowest BCUT2D eigenvalue weighted by Gasteiger charge is -2.16. The molecule has 0 spiro atoms. The number of nitrogens with zero attached hydrogens (tertiary/aromatic N) is 2. The van der Waals surface area contributed by atoms with E-state index in [9.17, 15) is 4.79 Å². The number of benzene rings is 3. The number of carbonyl (C=O) groups excluding carboxylic acids is 1. The number of carbonyl (C=O) groups is 1. The highest BCUT2D eigenvalue weighted by molar-refractivity contribution is 5.74. The molecule has 0 saturated carbocycles. The van der Waals surface area contributed by atoms with Crippen LogP contribution in [-0.2, 0) is 16.0 Å². The molecule has 0 aliphatic carbocycles. The van der Waals surface area contributed by atoms with Crippen molar-refractivity contribution in [1.29, 1.82) is 0 Å². The predicted octanol–water partition coefficient (Wildman–Crippen LogP) is 5.19. The van der Waals surface area contributed by atoms with E-state index in [4.69, 9.17) is 14.0 Å². The van der Waals surface area contributed by atoms with Crippen molar-refractivity contribution in [3.05, 3.63) is 114 Å². The number of rotatable bonds is 10. The summed E-state index contributed by atoms with van der Waals surface area (Å²) in [4.78, 5) is 16.8. The lowest BCUT2D eigenvalue weighted by atomic mass is 9.91. The Morgan fingerprint density at radius 2 is 1.45 bits per heavy atom. The molecule has 6 nitrogen and oxygen atoms in total. The maximum absolute atomic E-state index is 12.2. The van der Waals surface area contributed by atoms with Crippen LogP contribution < -0.4 is 4.74 Å². The number of aryl methyl sites for hydroxylation is 1. The third-order valence-corrected chi connectivity index (χ3v) is 5.35. The summed E-state index contributed by atoms with van der Waals surface area (Å²) < 4.78 is 16.4. The quantitative estimate of drug-likeness (QED) is 0.315. The van der Waals surface area contributed by atoms with E-state index in [2.05, 4.69) is 34.4 Å². The Morgan fingerprint density at radius 3 is 2.03 bits per heavy atom. The normalized spacial score (nSPS) is 11.8. The molecule has 4 rings (SSSR count). The first-order valence-corrected chi connectivity index (χ1v) is 11.0. The lowest BCUT2D eigenvalue weighted by molar-refractivity contribution is -0.149. The number of ether oxygens (including phenoxy) is 2. The van der Waals surface area contributed by atoms with Gasteiger partial charge in [-0.25, -0.2) is 4.79 Å². The molecule has 1 unspecified atom stereocenters. The van der Waals surface area contributed by atoms with E-state index < -0.39 is 12.1 Å². The van der Waals surface area contributed by atoms with E-state index in [1.54, 1.807) is 0 Å². The number of para-hydroxylation sites is 1. The van der Waals surface area contributed by atoms with Crippen molar-refractivity contribution in [1.82, 2.24) is 10.1 Å². The molecule has 0 aliphatic heterocycles. The molecule has 0 bridgehead atoms. The summed E-state index contributed by atoms with van der Waals surface area (Å²) in [5.41, 5.74) is 2.17. The van der Waals surface area contributed by atoms with E-state index in [0.29, 0.717) is 36.7 Å². The lowest BCUT2D eigenvalue weighted by Crippen LogP contribution is -2.28. The minimum absolute atomic E-state index is 0.141. The van der Waals surface area contributed by atoms with Crippen LogP contribution in [0.2, 0.25) is 0 Å². The summed E-state index contributed by atoms with van der Waals surface area (Å²) in [5, 5.41) is 4.19. The van der Waals surface area contributed by atoms with Gasteiger partial charge in [-0.3, -0.25) is 0 Å². The number of aromatic nitrogens is 2. The van der Waals surface area contributed by atoms with Crippen molar-refractivity contribution < 1.29 is 18.8 Å². The Kier molecular flexibility index (Phi) is 7.48. The van der Waals surface area contributed by atoms with E-state index >= 15 is 0 Å². The highest BCUT2D eigenvalue weighted by Crippen LogP contribution is 2.30. The molecular weight excluding hydrogens is 416 g/mol. The number of hydrogen-bond acceptors (Lipinski definition) is 6. The van der Waals surface area contributed by atoms with Gasteiger partial charge in [-0.1, -0.05) is 84.0 Å². The number of methoxy groups -OCH3 is 1. The van der Waals surface area contributed by atoms with Crippen molar-refractivity contribution in [2.24, 2.45) is 0 Å². The van der Waals surface area contributed by atoms with Crippen LogP contribution in [0.15, 0.2) is 95.5 Å². The maximum Gasteiger partial charge on any atom is 0.347 e. The van der Waals surface area contributed by atoms with Gasteiger partial charge < -0.3 is 14.0 Å². The van der Waals surface area contributed by atoms with Gasteiger partial charge in [0.1, 0.15) is 5.75 Å². The molecule has 0 N–H and O–H groups in total. The van der Waals surface area contributed by atoms with Gasteiger partial charge in [-0.15, -0.1) is 0 Å². The average molecular weight is 443 g/mol. The third-order valence-electron chi connectivity index (χ3n) is 5.35. The summed E-state index contributed by atoms with van der Waals surface area (Å²) in [7, 11) is 1.36. The Labute approximate surface area is 193 Å². The smallest absolute Gasteiger partial charge is 0.347 e. The summed E-state index contributed by atoms with van der Waals surface area (Å²) in [5.74, 6) is 1.24. The number of hydrogen-bond donors (Lipinski definition) is 0. The molecule has 0 fully saturated rings. The summed E-state index contributed by atoms with van der Waals surface area (Å²) in [6.07, 6.45) is 0.995.